The van der Waals surface area contributed by atoms with Gasteiger partial charge in [0.25, 0.3) is 5.91 Å². The van der Waals surface area contributed by atoms with Gasteiger partial charge in [-0.15, -0.1) is 0 Å². The predicted molar refractivity (Wildman–Crippen MR) is 57.0 cm³/mol. The number of rotatable bonds is 4. The predicted octanol–water partition coefficient (Wildman–Crippen LogP) is 1.07. The fourth-order valence-corrected chi connectivity index (χ4v) is 1.30. The first kappa shape index (κ1) is 10.7. The number of hydrogen-bond acceptors (Lipinski definition) is 3. The molecule has 4 nitrogen and oxygen atoms in total. The first-order valence-corrected chi connectivity index (χ1v) is 4.62. The Morgan fingerprint density at radius 1 is 1.79 bits per heavy atom. The molecule has 0 radical (unpaired) electrons. The number of nitrogens with one attached hydrogen (secondary N) is 1. The topological polar surface area (TPSA) is 68.3 Å². The van der Waals surface area contributed by atoms with Crippen molar-refractivity contribution in [2.45, 2.75) is 19.4 Å². The maximum Gasteiger partial charge on any atom is 0.254 e. The Kier molecular flexibility index (Phi) is 3.64. The molecular weight excluding hydrogens is 200 g/mol. The highest BCUT2D eigenvalue weighted by Gasteiger charge is 2.10. The Labute approximate surface area is 87.5 Å². The minimum Gasteiger partial charge on any atom is -0.472 e. The molecule has 1 heterocycles. The van der Waals surface area contributed by atoms with Gasteiger partial charge in [-0.3, -0.25) is 4.79 Å². The monoisotopic (exact) mass is 212 g/mol. The SMILES string of the molecule is CC(CC(N)=S)NC(=O)c1ccoc1. The van der Waals surface area contributed by atoms with Crippen LogP contribution in [0, 0.1) is 0 Å². The molecule has 0 fully saturated rings. The molecule has 0 aliphatic rings. The molecule has 0 saturated carbocycles. The molecule has 76 valence electrons. The van der Waals surface area contributed by atoms with Gasteiger partial charge in [0.15, 0.2) is 0 Å². The lowest BCUT2D eigenvalue weighted by atomic mass is 10.2. The molecular formula is C9H12N2O2S. The van der Waals surface area contributed by atoms with Crippen LogP contribution in [0.5, 0.6) is 0 Å². The van der Waals surface area contributed by atoms with Crippen LogP contribution in [-0.4, -0.2) is 16.9 Å². The van der Waals surface area contributed by atoms with Crippen LogP contribution in [-0.2, 0) is 0 Å². The summed E-state index contributed by atoms with van der Waals surface area (Å²) in [7, 11) is 0. The highest BCUT2D eigenvalue weighted by molar-refractivity contribution is 7.80. The van der Waals surface area contributed by atoms with Crippen molar-refractivity contribution in [1.29, 1.82) is 0 Å². The Hall–Kier alpha value is -1.36. The van der Waals surface area contributed by atoms with Crippen LogP contribution in [0.4, 0.5) is 0 Å². The quantitative estimate of drug-likeness (QED) is 0.733. The van der Waals surface area contributed by atoms with Gasteiger partial charge >= 0.3 is 0 Å². The van der Waals surface area contributed by atoms with Gasteiger partial charge in [0.05, 0.1) is 16.8 Å². The number of thiocarbonyl (C=S) groups is 1. The van der Waals surface area contributed by atoms with Crippen molar-refractivity contribution in [3.05, 3.63) is 24.2 Å². The zero-order chi connectivity index (χ0) is 10.6. The summed E-state index contributed by atoms with van der Waals surface area (Å²) >= 11 is 4.73. The van der Waals surface area contributed by atoms with Crippen LogP contribution < -0.4 is 11.1 Å². The summed E-state index contributed by atoms with van der Waals surface area (Å²) in [6.45, 7) is 1.84. The van der Waals surface area contributed by atoms with E-state index in [1.54, 1.807) is 6.07 Å². The van der Waals surface area contributed by atoms with Gasteiger partial charge in [0.1, 0.15) is 6.26 Å². The van der Waals surface area contributed by atoms with Gasteiger partial charge in [-0.1, -0.05) is 12.2 Å². The summed E-state index contributed by atoms with van der Waals surface area (Å²) in [5.74, 6) is -0.178. The molecule has 1 aromatic heterocycles. The average Bonchev–Trinajstić information content (AvgIpc) is 2.53. The van der Waals surface area contributed by atoms with Crippen LogP contribution in [0.2, 0.25) is 0 Å². The summed E-state index contributed by atoms with van der Waals surface area (Å²) in [4.78, 5) is 11.8. The zero-order valence-electron chi connectivity index (χ0n) is 7.82. The van der Waals surface area contributed by atoms with Gasteiger partial charge in [0, 0.05) is 12.5 Å². The highest BCUT2D eigenvalue weighted by Crippen LogP contribution is 2.01. The van der Waals surface area contributed by atoms with Gasteiger partial charge in [-0.2, -0.15) is 0 Å². The number of carbonyl (C=O) groups is 1. The van der Waals surface area contributed by atoms with Crippen molar-refractivity contribution >= 4 is 23.1 Å². The summed E-state index contributed by atoms with van der Waals surface area (Å²) in [5, 5.41) is 2.75. The molecule has 1 amide bonds. The van der Waals surface area contributed by atoms with Crippen LogP contribution >= 0.6 is 12.2 Å². The molecule has 0 bridgehead atoms. The van der Waals surface area contributed by atoms with E-state index in [-0.39, 0.29) is 11.9 Å². The molecule has 0 aromatic carbocycles. The van der Waals surface area contributed by atoms with E-state index in [0.717, 1.165) is 0 Å². The molecule has 0 aliphatic carbocycles. The molecule has 1 atom stereocenters. The van der Waals surface area contributed by atoms with E-state index in [4.69, 9.17) is 22.4 Å². The lowest BCUT2D eigenvalue weighted by molar-refractivity contribution is 0.0940. The van der Waals surface area contributed by atoms with E-state index in [1.165, 1.54) is 12.5 Å². The fraction of sp³-hybridized carbons (Fsp3) is 0.333. The van der Waals surface area contributed by atoms with Gasteiger partial charge < -0.3 is 15.5 Å². The lowest BCUT2D eigenvalue weighted by Crippen LogP contribution is -2.35. The van der Waals surface area contributed by atoms with Crippen LogP contribution in [0.25, 0.3) is 0 Å². The summed E-state index contributed by atoms with van der Waals surface area (Å²) in [6.07, 6.45) is 3.34. The Morgan fingerprint density at radius 3 is 3.00 bits per heavy atom. The van der Waals surface area contributed by atoms with Gasteiger partial charge in [-0.25, -0.2) is 0 Å². The molecule has 0 saturated heterocycles. The van der Waals surface area contributed by atoms with Crippen molar-refractivity contribution in [2.75, 3.05) is 0 Å². The van der Waals surface area contributed by atoms with Gasteiger partial charge in [0.2, 0.25) is 0 Å². The number of amides is 1. The second-order valence-corrected chi connectivity index (χ2v) is 3.58. The van der Waals surface area contributed by atoms with E-state index in [9.17, 15) is 4.79 Å². The minimum absolute atomic E-state index is 0.0603. The van der Waals surface area contributed by atoms with E-state index in [2.05, 4.69) is 5.32 Å². The molecule has 1 unspecified atom stereocenters. The average molecular weight is 212 g/mol. The molecule has 5 heteroatoms. The standard InChI is InChI=1S/C9H12N2O2S/c1-6(4-8(10)14)11-9(12)7-2-3-13-5-7/h2-3,5-6H,4H2,1H3,(H2,10,14)(H,11,12). The Balaban J connectivity index is 2.45. The molecule has 3 N–H and O–H groups in total. The van der Waals surface area contributed by atoms with Crippen molar-refractivity contribution in [1.82, 2.24) is 5.32 Å². The van der Waals surface area contributed by atoms with E-state index in [0.29, 0.717) is 17.0 Å². The van der Waals surface area contributed by atoms with E-state index < -0.39 is 0 Å². The second kappa shape index (κ2) is 4.76. The largest absolute Gasteiger partial charge is 0.472 e. The number of hydrogen-bond donors (Lipinski definition) is 2. The third-order valence-electron chi connectivity index (χ3n) is 1.67. The van der Waals surface area contributed by atoms with Crippen molar-refractivity contribution in [3.63, 3.8) is 0 Å². The maximum absolute atomic E-state index is 11.4. The van der Waals surface area contributed by atoms with E-state index in [1.807, 2.05) is 6.92 Å². The van der Waals surface area contributed by atoms with E-state index >= 15 is 0 Å². The molecule has 1 rings (SSSR count). The third kappa shape index (κ3) is 3.18. The fourth-order valence-electron chi connectivity index (χ4n) is 1.05. The first-order valence-electron chi connectivity index (χ1n) is 4.21. The summed E-state index contributed by atoms with van der Waals surface area (Å²) in [5.41, 5.74) is 5.85. The number of nitrogens with two attached hydrogens (primary N) is 1. The Bertz CT molecular complexity index is 322. The first-order chi connectivity index (χ1) is 6.59. The van der Waals surface area contributed by atoms with Crippen molar-refractivity contribution in [3.8, 4) is 0 Å². The normalized spacial score (nSPS) is 12.1. The van der Waals surface area contributed by atoms with Crippen LogP contribution in [0.15, 0.2) is 23.0 Å². The third-order valence-corrected chi connectivity index (χ3v) is 1.83. The van der Waals surface area contributed by atoms with Crippen molar-refractivity contribution in [2.24, 2.45) is 5.73 Å². The summed E-state index contributed by atoms with van der Waals surface area (Å²) in [6, 6.07) is 1.54. The molecule has 0 aliphatic heterocycles. The van der Waals surface area contributed by atoms with Crippen LogP contribution in [0.1, 0.15) is 23.7 Å². The van der Waals surface area contributed by atoms with Crippen molar-refractivity contribution < 1.29 is 9.21 Å². The number of carbonyl (C=O) groups excluding carboxylic acids is 1. The summed E-state index contributed by atoms with van der Waals surface area (Å²) < 4.78 is 4.79. The Morgan fingerprint density at radius 2 is 2.50 bits per heavy atom. The maximum atomic E-state index is 11.4. The minimum atomic E-state index is -0.178. The highest BCUT2D eigenvalue weighted by atomic mass is 32.1. The lowest BCUT2D eigenvalue weighted by Gasteiger charge is -2.11. The molecule has 14 heavy (non-hydrogen) atoms. The van der Waals surface area contributed by atoms with Gasteiger partial charge in [-0.05, 0) is 13.0 Å². The van der Waals surface area contributed by atoms with Crippen LogP contribution in [0.3, 0.4) is 0 Å². The number of furan rings is 1. The second-order valence-electron chi connectivity index (χ2n) is 3.06. The molecule has 1 aromatic rings. The molecule has 0 spiro atoms. The smallest absolute Gasteiger partial charge is 0.254 e. The zero-order valence-corrected chi connectivity index (χ0v) is 8.64.